The molecule has 0 saturated carbocycles. The summed E-state index contributed by atoms with van der Waals surface area (Å²) in [5, 5.41) is 14.2. The highest BCUT2D eigenvalue weighted by Crippen LogP contribution is 2.30. The van der Waals surface area contributed by atoms with E-state index in [1.54, 1.807) is 23.0 Å². The number of aromatic nitrogens is 3. The molecule has 0 saturated heterocycles. The molecule has 100 valence electrons. The summed E-state index contributed by atoms with van der Waals surface area (Å²) < 4.78 is 2.72. The second kappa shape index (κ2) is 5.09. The summed E-state index contributed by atoms with van der Waals surface area (Å²) in [4.78, 5) is 4.54. The maximum absolute atomic E-state index is 10.0. The lowest BCUT2D eigenvalue weighted by Crippen LogP contribution is -1.88. The number of aromatic hydroxyl groups is 1. The van der Waals surface area contributed by atoms with Gasteiger partial charge in [-0.3, -0.25) is 4.68 Å². The fraction of sp³-hybridized carbons (Fsp3) is 0.0667. The second-order valence-corrected chi connectivity index (χ2v) is 5.39. The number of hydrogen-bond acceptors (Lipinski definition) is 3. The standard InChI is InChI=1S/C15H12BrN3O/c1-19-9-11(8-17-19)13-6-7-14(20)15(18-13)10-2-4-12(16)5-3-10/h2-9,20H,1H3. The van der Waals surface area contributed by atoms with Crippen LogP contribution >= 0.6 is 15.9 Å². The summed E-state index contributed by atoms with van der Waals surface area (Å²) in [5.74, 6) is 0.167. The van der Waals surface area contributed by atoms with Gasteiger partial charge in [0.1, 0.15) is 11.4 Å². The van der Waals surface area contributed by atoms with Crippen LogP contribution in [0.1, 0.15) is 0 Å². The van der Waals surface area contributed by atoms with E-state index in [1.165, 1.54) is 0 Å². The lowest BCUT2D eigenvalue weighted by molar-refractivity contribution is 0.475. The Labute approximate surface area is 124 Å². The summed E-state index contributed by atoms with van der Waals surface area (Å²) in [5.41, 5.74) is 3.15. The third-order valence-corrected chi connectivity index (χ3v) is 3.52. The molecule has 0 spiro atoms. The number of halogens is 1. The lowest BCUT2D eigenvalue weighted by Gasteiger charge is -2.06. The number of rotatable bonds is 2. The Hall–Kier alpha value is -2.14. The average molecular weight is 330 g/mol. The van der Waals surface area contributed by atoms with Crippen molar-refractivity contribution in [3.63, 3.8) is 0 Å². The quantitative estimate of drug-likeness (QED) is 0.781. The third kappa shape index (κ3) is 2.44. The number of nitrogens with zero attached hydrogens (tertiary/aromatic N) is 3. The molecule has 3 aromatic rings. The normalized spacial score (nSPS) is 10.7. The first-order chi connectivity index (χ1) is 9.63. The third-order valence-electron chi connectivity index (χ3n) is 2.99. The van der Waals surface area contributed by atoms with Crippen LogP contribution in [0.4, 0.5) is 0 Å². The second-order valence-electron chi connectivity index (χ2n) is 4.47. The van der Waals surface area contributed by atoms with E-state index in [1.807, 2.05) is 37.5 Å². The maximum Gasteiger partial charge on any atom is 0.141 e. The molecular weight excluding hydrogens is 318 g/mol. The Kier molecular flexibility index (Phi) is 3.28. The van der Waals surface area contributed by atoms with Gasteiger partial charge in [0.25, 0.3) is 0 Å². The van der Waals surface area contributed by atoms with Gasteiger partial charge < -0.3 is 5.11 Å². The lowest BCUT2D eigenvalue weighted by atomic mass is 10.1. The molecule has 5 heteroatoms. The van der Waals surface area contributed by atoms with Crippen LogP contribution < -0.4 is 0 Å². The molecule has 3 rings (SSSR count). The van der Waals surface area contributed by atoms with Crippen LogP contribution in [-0.2, 0) is 7.05 Å². The average Bonchev–Trinajstić information content (AvgIpc) is 2.87. The summed E-state index contributed by atoms with van der Waals surface area (Å²) >= 11 is 3.40. The molecule has 1 aromatic carbocycles. The van der Waals surface area contributed by atoms with Crippen molar-refractivity contribution in [3.05, 3.63) is 53.3 Å². The van der Waals surface area contributed by atoms with Gasteiger partial charge in [0.2, 0.25) is 0 Å². The molecule has 2 aromatic heterocycles. The smallest absolute Gasteiger partial charge is 0.141 e. The van der Waals surface area contributed by atoms with Gasteiger partial charge in [-0.2, -0.15) is 5.10 Å². The molecule has 20 heavy (non-hydrogen) atoms. The minimum Gasteiger partial charge on any atom is -0.506 e. The zero-order chi connectivity index (χ0) is 14.1. The molecule has 0 amide bonds. The fourth-order valence-corrected chi connectivity index (χ4v) is 2.25. The number of benzene rings is 1. The zero-order valence-electron chi connectivity index (χ0n) is 10.8. The first-order valence-electron chi connectivity index (χ1n) is 6.08. The molecule has 0 aliphatic heterocycles. The molecule has 0 aliphatic carbocycles. The van der Waals surface area contributed by atoms with Crippen LogP contribution in [0.15, 0.2) is 53.3 Å². The van der Waals surface area contributed by atoms with Crippen molar-refractivity contribution in [2.24, 2.45) is 7.05 Å². The van der Waals surface area contributed by atoms with Crippen molar-refractivity contribution in [1.29, 1.82) is 0 Å². The number of aryl methyl sites for hydroxylation is 1. The predicted molar refractivity (Wildman–Crippen MR) is 81.2 cm³/mol. The first-order valence-corrected chi connectivity index (χ1v) is 6.88. The Bertz CT molecular complexity index is 750. The highest BCUT2D eigenvalue weighted by atomic mass is 79.9. The Balaban J connectivity index is 2.09. The SMILES string of the molecule is Cn1cc(-c2ccc(O)c(-c3ccc(Br)cc3)n2)cn1. The molecule has 0 fully saturated rings. The van der Waals surface area contributed by atoms with Crippen molar-refractivity contribution in [2.45, 2.75) is 0 Å². The summed E-state index contributed by atoms with van der Waals surface area (Å²) in [6.07, 6.45) is 3.65. The van der Waals surface area contributed by atoms with Gasteiger partial charge in [0.15, 0.2) is 0 Å². The molecule has 0 aliphatic rings. The first kappa shape index (κ1) is 12.9. The molecule has 4 nitrogen and oxygen atoms in total. The molecule has 1 N–H and O–H groups in total. The fourth-order valence-electron chi connectivity index (χ4n) is 1.99. The minimum atomic E-state index is 0.167. The van der Waals surface area contributed by atoms with Gasteiger partial charge >= 0.3 is 0 Å². The molecule has 0 radical (unpaired) electrons. The monoisotopic (exact) mass is 329 g/mol. The van der Waals surface area contributed by atoms with Crippen LogP contribution in [0.5, 0.6) is 5.75 Å². The number of hydrogen-bond donors (Lipinski definition) is 1. The van der Waals surface area contributed by atoms with Crippen LogP contribution in [0.25, 0.3) is 22.5 Å². The van der Waals surface area contributed by atoms with Crippen LogP contribution in [0.3, 0.4) is 0 Å². The molecule has 2 heterocycles. The summed E-state index contributed by atoms with van der Waals surface area (Å²) in [6, 6.07) is 11.1. The van der Waals surface area contributed by atoms with Crippen molar-refractivity contribution in [3.8, 4) is 28.3 Å². The van der Waals surface area contributed by atoms with Gasteiger partial charge in [0, 0.05) is 28.8 Å². The van der Waals surface area contributed by atoms with E-state index in [9.17, 15) is 5.11 Å². The van der Waals surface area contributed by atoms with Gasteiger partial charge in [-0.15, -0.1) is 0 Å². The van der Waals surface area contributed by atoms with Crippen LogP contribution in [0.2, 0.25) is 0 Å². The Morgan fingerprint density at radius 2 is 1.80 bits per heavy atom. The van der Waals surface area contributed by atoms with E-state index in [0.717, 1.165) is 21.3 Å². The largest absolute Gasteiger partial charge is 0.506 e. The van der Waals surface area contributed by atoms with E-state index < -0.39 is 0 Å². The van der Waals surface area contributed by atoms with Crippen molar-refractivity contribution in [2.75, 3.05) is 0 Å². The predicted octanol–water partition coefficient (Wildman–Crippen LogP) is 3.62. The van der Waals surface area contributed by atoms with Gasteiger partial charge in [0.05, 0.1) is 11.9 Å². The maximum atomic E-state index is 10.0. The Morgan fingerprint density at radius 3 is 2.45 bits per heavy atom. The van der Waals surface area contributed by atoms with E-state index in [2.05, 4.69) is 26.0 Å². The minimum absolute atomic E-state index is 0.167. The number of pyridine rings is 1. The molecule has 0 atom stereocenters. The van der Waals surface area contributed by atoms with Crippen molar-refractivity contribution >= 4 is 15.9 Å². The highest BCUT2D eigenvalue weighted by Gasteiger charge is 2.09. The van der Waals surface area contributed by atoms with E-state index in [4.69, 9.17) is 0 Å². The zero-order valence-corrected chi connectivity index (χ0v) is 12.4. The molecular formula is C15H12BrN3O. The molecule has 0 bridgehead atoms. The topological polar surface area (TPSA) is 50.9 Å². The van der Waals surface area contributed by atoms with Gasteiger partial charge in [-0.1, -0.05) is 28.1 Å². The van der Waals surface area contributed by atoms with Crippen molar-refractivity contribution in [1.82, 2.24) is 14.8 Å². The van der Waals surface area contributed by atoms with Crippen molar-refractivity contribution < 1.29 is 5.11 Å². The van der Waals surface area contributed by atoms with E-state index in [-0.39, 0.29) is 5.75 Å². The van der Waals surface area contributed by atoms with Crippen LogP contribution in [-0.4, -0.2) is 19.9 Å². The molecule has 0 unspecified atom stereocenters. The van der Waals surface area contributed by atoms with Gasteiger partial charge in [-0.25, -0.2) is 4.98 Å². The van der Waals surface area contributed by atoms with E-state index >= 15 is 0 Å². The van der Waals surface area contributed by atoms with E-state index in [0.29, 0.717) is 5.69 Å². The summed E-state index contributed by atoms with van der Waals surface area (Å²) in [6.45, 7) is 0. The summed E-state index contributed by atoms with van der Waals surface area (Å²) in [7, 11) is 1.86. The van der Waals surface area contributed by atoms with Crippen LogP contribution in [0, 0.1) is 0 Å². The highest BCUT2D eigenvalue weighted by molar-refractivity contribution is 9.10. The Morgan fingerprint density at radius 1 is 1.05 bits per heavy atom. The van der Waals surface area contributed by atoms with Gasteiger partial charge in [-0.05, 0) is 24.3 Å².